The highest BCUT2D eigenvalue weighted by Gasteiger charge is 2.14. The molecule has 3 aromatic heterocycles. The van der Waals surface area contributed by atoms with E-state index in [2.05, 4.69) is 10.3 Å². The molecule has 0 spiro atoms. The van der Waals surface area contributed by atoms with Crippen LogP contribution < -0.4 is 5.32 Å². The Labute approximate surface area is 152 Å². The normalized spacial score (nSPS) is 10.5. The minimum absolute atomic E-state index is 0.0238. The number of nitrogens with zero attached hydrogens (tertiary/aromatic N) is 1. The van der Waals surface area contributed by atoms with Gasteiger partial charge in [0.05, 0.1) is 17.0 Å². The Morgan fingerprint density at radius 3 is 2.88 bits per heavy atom. The first-order valence-electron chi connectivity index (χ1n) is 7.12. The molecule has 0 fully saturated rings. The molecule has 0 aliphatic heterocycles. The molecule has 0 saturated heterocycles. The number of hydrogen-bond acceptors (Lipinski definition) is 6. The third kappa shape index (κ3) is 3.75. The summed E-state index contributed by atoms with van der Waals surface area (Å²) in [7, 11) is 0. The van der Waals surface area contributed by atoms with Crippen LogP contribution in [-0.4, -0.2) is 22.9 Å². The summed E-state index contributed by atoms with van der Waals surface area (Å²) in [5, 5.41) is 7.32. The van der Waals surface area contributed by atoms with Crippen molar-refractivity contribution in [2.24, 2.45) is 0 Å². The van der Waals surface area contributed by atoms with Crippen molar-refractivity contribution in [3.63, 3.8) is 0 Å². The van der Waals surface area contributed by atoms with Crippen LogP contribution in [0, 0.1) is 0 Å². The minimum atomic E-state index is -0.161. The average molecular weight is 375 g/mol. The molecule has 24 heavy (non-hydrogen) atoms. The molecule has 0 aromatic carbocycles. The van der Waals surface area contributed by atoms with Gasteiger partial charge in [0.1, 0.15) is 5.03 Å². The number of carbonyl (C=O) groups excluding carboxylic acids is 2. The molecule has 0 radical (unpaired) electrons. The first-order valence-corrected chi connectivity index (χ1v) is 10.1. The summed E-state index contributed by atoms with van der Waals surface area (Å²) in [6.07, 6.45) is 3.56. The van der Waals surface area contributed by atoms with Gasteiger partial charge >= 0.3 is 0 Å². The van der Waals surface area contributed by atoms with Gasteiger partial charge in [-0.2, -0.15) is 11.3 Å². The summed E-state index contributed by atoms with van der Waals surface area (Å²) in [4.78, 5) is 30.4. The second-order valence-electron chi connectivity index (χ2n) is 4.85. The number of rotatable bonds is 6. The fraction of sp³-hybridized carbons (Fsp3) is 0.118. The molecule has 4 nitrogen and oxygen atoms in total. The molecule has 3 heterocycles. The van der Waals surface area contributed by atoms with Crippen molar-refractivity contribution in [2.45, 2.75) is 11.6 Å². The molecule has 1 N–H and O–H groups in total. The maximum Gasteiger partial charge on any atom is 0.254 e. The van der Waals surface area contributed by atoms with Crippen molar-refractivity contribution in [2.75, 3.05) is 6.26 Å². The summed E-state index contributed by atoms with van der Waals surface area (Å²) in [5.74, 6) is -0.137. The van der Waals surface area contributed by atoms with E-state index < -0.39 is 0 Å². The number of thiophene rings is 2. The molecule has 122 valence electrons. The minimum Gasteiger partial charge on any atom is -0.347 e. The molecule has 7 heteroatoms. The van der Waals surface area contributed by atoms with Gasteiger partial charge in [0, 0.05) is 22.0 Å². The highest BCUT2D eigenvalue weighted by atomic mass is 32.2. The summed E-state index contributed by atoms with van der Waals surface area (Å²) >= 11 is 4.35. The molecule has 3 rings (SSSR count). The van der Waals surface area contributed by atoms with Gasteiger partial charge in [-0.25, -0.2) is 4.98 Å². The monoisotopic (exact) mass is 374 g/mol. The number of aromatic nitrogens is 1. The van der Waals surface area contributed by atoms with Crippen molar-refractivity contribution < 1.29 is 9.59 Å². The lowest BCUT2D eigenvalue weighted by Gasteiger charge is -2.06. The van der Waals surface area contributed by atoms with E-state index in [9.17, 15) is 9.59 Å². The van der Waals surface area contributed by atoms with E-state index in [0.29, 0.717) is 27.6 Å². The molecule has 3 aromatic rings. The van der Waals surface area contributed by atoms with Crippen LogP contribution in [0.5, 0.6) is 0 Å². The number of amides is 1. The number of thioether (sulfide) groups is 1. The van der Waals surface area contributed by atoms with Gasteiger partial charge in [-0.1, -0.05) is 0 Å². The lowest BCUT2D eigenvalue weighted by molar-refractivity contribution is 0.0947. The third-order valence-electron chi connectivity index (χ3n) is 3.30. The van der Waals surface area contributed by atoms with Gasteiger partial charge in [-0.3, -0.25) is 9.59 Å². The Balaban J connectivity index is 1.65. The van der Waals surface area contributed by atoms with Gasteiger partial charge in [0.2, 0.25) is 5.78 Å². The summed E-state index contributed by atoms with van der Waals surface area (Å²) in [5.41, 5.74) is 1.27. The quantitative estimate of drug-likeness (QED) is 0.521. The molecule has 0 saturated carbocycles. The van der Waals surface area contributed by atoms with Crippen molar-refractivity contribution in [3.05, 3.63) is 68.2 Å². The van der Waals surface area contributed by atoms with Crippen LogP contribution >= 0.6 is 34.4 Å². The SMILES string of the molecule is CSc1ncccc1C(=O)NCc1ccc(C(=O)c2ccsc2)s1. The zero-order valence-electron chi connectivity index (χ0n) is 12.8. The molecule has 1 amide bonds. The zero-order chi connectivity index (χ0) is 16.9. The van der Waals surface area contributed by atoms with E-state index in [1.54, 1.807) is 18.3 Å². The van der Waals surface area contributed by atoms with Crippen LogP contribution in [0.1, 0.15) is 30.5 Å². The lowest BCUT2D eigenvalue weighted by atomic mass is 10.2. The molecule has 0 unspecified atom stereocenters. The predicted octanol–water partition coefficient (Wildman–Crippen LogP) is 4.09. The van der Waals surface area contributed by atoms with Crippen molar-refractivity contribution >= 4 is 46.1 Å². The van der Waals surface area contributed by atoms with E-state index in [-0.39, 0.29) is 11.7 Å². The van der Waals surface area contributed by atoms with Gasteiger partial charge in [-0.15, -0.1) is 23.1 Å². The highest BCUT2D eigenvalue weighted by Crippen LogP contribution is 2.22. The Kier molecular flexibility index (Phi) is 5.44. The van der Waals surface area contributed by atoms with Gasteiger partial charge < -0.3 is 5.32 Å². The fourth-order valence-corrected chi connectivity index (χ4v) is 4.21. The smallest absolute Gasteiger partial charge is 0.254 e. The molecular weight excluding hydrogens is 360 g/mol. The van der Waals surface area contributed by atoms with Gasteiger partial charge in [0.15, 0.2) is 0 Å². The van der Waals surface area contributed by atoms with Crippen LogP contribution in [0.4, 0.5) is 0 Å². The molecule has 0 aliphatic rings. The van der Waals surface area contributed by atoms with E-state index in [4.69, 9.17) is 0 Å². The van der Waals surface area contributed by atoms with Crippen molar-refractivity contribution in [1.82, 2.24) is 10.3 Å². The second kappa shape index (κ2) is 7.74. The molecule has 0 aliphatic carbocycles. The van der Waals surface area contributed by atoms with Gasteiger partial charge in [0.25, 0.3) is 5.91 Å². The van der Waals surface area contributed by atoms with E-state index >= 15 is 0 Å². The summed E-state index contributed by atoms with van der Waals surface area (Å²) in [6.45, 7) is 0.392. The zero-order valence-corrected chi connectivity index (χ0v) is 15.3. The summed E-state index contributed by atoms with van der Waals surface area (Å²) in [6, 6.07) is 9.01. The number of pyridine rings is 1. The largest absolute Gasteiger partial charge is 0.347 e. The van der Waals surface area contributed by atoms with E-state index in [1.165, 1.54) is 34.4 Å². The first-order chi connectivity index (χ1) is 11.7. The van der Waals surface area contributed by atoms with Crippen LogP contribution in [0.25, 0.3) is 0 Å². The Hall–Kier alpha value is -1.96. The number of nitrogens with one attached hydrogen (secondary N) is 1. The second-order valence-corrected chi connectivity index (χ2v) is 7.59. The van der Waals surface area contributed by atoms with Crippen molar-refractivity contribution in [1.29, 1.82) is 0 Å². The van der Waals surface area contributed by atoms with Crippen LogP contribution in [0.2, 0.25) is 0 Å². The maximum absolute atomic E-state index is 12.3. The fourth-order valence-electron chi connectivity index (χ4n) is 2.12. The number of hydrogen-bond donors (Lipinski definition) is 1. The molecule has 0 bridgehead atoms. The van der Waals surface area contributed by atoms with Gasteiger partial charge in [-0.05, 0) is 42.0 Å². The Bertz CT molecular complexity index is 856. The predicted molar refractivity (Wildman–Crippen MR) is 99.3 cm³/mol. The van der Waals surface area contributed by atoms with E-state index in [0.717, 1.165) is 4.88 Å². The van der Waals surface area contributed by atoms with Crippen molar-refractivity contribution in [3.8, 4) is 0 Å². The standard InChI is InChI=1S/C17H14N2O2S3/c1-22-17-13(3-2-7-18-17)16(21)19-9-12-4-5-14(24-12)15(20)11-6-8-23-10-11/h2-8,10H,9H2,1H3,(H,19,21). The van der Waals surface area contributed by atoms with E-state index in [1.807, 2.05) is 35.2 Å². The molecule has 0 atom stereocenters. The summed E-state index contributed by atoms with van der Waals surface area (Å²) < 4.78 is 0. The molecular formula is C17H14N2O2S3. The third-order valence-corrected chi connectivity index (χ3v) is 5.78. The topological polar surface area (TPSA) is 59.1 Å². The number of carbonyl (C=O) groups is 2. The average Bonchev–Trinajstić information content (AvgIpc) is 3.30. The first kappa shape index (κ1) is 16.9. The number of ketones is 1. The van der Waals surface area contributed by atoms with Crippen LogP contribution in [0.15, 0.2) is 52.3 Å². The lowest BCUT2D eigenvalue weighted by Crippen LogP contribution is -2.23. The Morgan fingerprint density at radius 2 is 2.12 bits per heavy atom. The maximum atomic E-state index is 12.3. The Morgan fingerprint density at radius 1 is 1.25 bits per heavy atom. The highest BCUT2D eigenvalue weighted by molar-refractivity contribution is 7.98. The van der Waals surface area contributed by atoms with Crippen LogP contribution in [-0.2, 0) is 6.54 Å². The van der Waals surface area contributed by atoms with Crippen LogP contribution in [0.3, 0.4) is 0 Å².